The second-order valence-corrected chi connectivity index (χ2v) is 3.90. The summed E-state index contributed by atoms with van der Waals surface area (Å²) in [7, 11) is 0. The minimum absolute atomic E-state index is 0. The monoisotopic (exact) mass is 290 g/mol. The molecule has 19 heavy (non-hydrogen) atoms. The average Bonchev–Trinajstić information content (AvgIpc) is 2.37. The molecule has 1 amide bonds. The Morgan fingerprint density at radius 2 is 1.95 bits per heavy atom. The zero-order valence-electron chi connectivity index (χ0n) is 10.7. The first-order chi connectivity index (χ1) is 8.72. The molecule has 0 aromatic heterocycles. The quantitative estimate of drug-likeness (QED) is 0.719. The molecule has 0 heterocycles. The maximum absolute atomic E-state index is 12.6. The number of benzene rings is 1. The highest BCUT2D eigenvalue weighted by Gasteiger charge is 2.01. The lowest BCUT2D eigenvalue weighted by molar-refractivity contribution is -0.121. The first kappa shape index (κ1) is 17.7. The number of hydrogen-bond acceptors (Lipinski definition) is 3. The Morgan fingerprint density at radius 1 is 1.26 bits per heavy atom. The van der Waals surface area contributed by atoms with Crippen LogP contribution in [0.3, 0.4) is 0 Å². The van der Waals surface area contributed by atoms with Crippen LogP contribution in [0.25, 0.3) is 0 Å². The van der Waals surface area contributed by atoms with E-state index >= 15 is 0 Å². The fourth-order valence-electron chi connectivity index (χ4n) is 1.38. The van der Waals surface area contributed by atoms with Crippen molar-refractivity contribution >= 4 is 18.3 Å². The lowest BCUT2D eigenvalue weighted by Crippen LogP contribution is -2.26. The number of ether oxygens (including phenoxy) is 1. The molecule has 4 nitrogen and oxygen atoms in total. The van der Waals surface area contributed by atoms with Crippen LogP contribution in [0.5, 0.6) is 5.75 Å². The van der Waals surface area contributed by atoms with Gasteiger partial charge in [0.15, 0.2) is 0 Å². The molecule has 0 spiro atoms. The van der Waals surface area contributed by atoms with E-state index in [0.29, 0.717) is 25.3 Å². The van der Waals surface area contributed by atoms with Gasteiger partial charge in [-0.25, -0.2) is 4.39 Å². The molecule has 0 aliphatic carbocycles. The number of hydrogen-bond donors (Lipinski definition) is 2. The Kier molecular flexibility index (Phi) is 9.84. The van der Waals surface area contributed by atoms with Gasteiger partial charge in [-0.1, -0.05) is 0 Å². The molecule has 0 saturated heterocycles. The minimum Gasteiger partial charge on any atom is -0.493 e. The minimum atomic E-state index is -0.306. The summed E-state index contributed by atoms with van der Waals surface area (Å²) < 4.78 is 17.9. The normalized spacial score (nSPS) is 9.58. The van der Waals surface area contributed by atoms with Crippen LogP contribution in [0.1, 0.15) is 19.3 Å². The molecule has 0 saturated carbocycles. The van der Waals surface area contributed by atoms with E-state index in [4.69, 9.17) is 10.5 Å². The van der Waals surface area contributed by atoms with Crippen molar-refractivity contribution in [2.45, 2.75) is 19.3 Å². The fourth-order valence-corrected chi connectivity index (χ4v) is 1.38. The van der Waals surface area contributed by atoms with Gasteiger partial charge in [-0.2, -0.15) is 0 Å². The van der Waals surface area contributed by atoms with E-state index in [1.54, 1.807) is 0 Å². The smallest absolute Gasteiger partial charge is 0.223 e. The summed E-state index contributed by atoms with van der Waals surface area (Å²) in [6, 6.07) is 5.72. The van der Waals surface area contributed by atoms with E-state index < -0.39 is 0 Å². The Morgan fingerprint density at radius 3 is 2.58 bits per heavy atom. The highest BCUT2D eigenvalue weighted by molar-refractivity contribution is 5.85. The van der Waals surface area contributed by atoms with Crippen molar-refractivity contribution in [2.75, 3.05) is 19.7 Å². The summed E-state index contributed by atoms with van der Waals surface area (Å²) in [5.41, 5.74) is 5.34. The van der Waals surface area contributed by atoms with Gasteiger partial charge in [0.05, 0.1) is 13.0 Å². The van der Waals surface area contributed by atoms with E-state index in [9.17, 15) is 9.18 Å². The van der Waals surface area contributed by atoms with Crippen LogP contribution in [0.2, 0.25) is 0 Å². The molecule has 1 rings (SSSR count). The van der Waals surface area contributed by atoms with E-state index in [0.717, 1.165) is 12.8 Å². The van der Waals surface area contributed by atoms with Crippen LogP contribution in [-0.4, -0.2) is 25.6 Å². The topological polar surface area (TPSA) is 64.3 Å². The molecular formula is C13H20ClFN2O2. The van der Waals surface area contributed by atoms with Crippen LogP contribution in [0, 0.1) is 5.82 Å². The molecule has 0 atom stereocenters. The maximum Gasteiger partial charge on any atom is 0.223 e. The van der Waals surface area contributed by atoms with E-state index in [1.807, 2.05) is 0 Å². The predicted octanol–water partition coefficient (Wildman–Crippen LogP) is 1.87. The van der Waals surface area contributed by atoms with Gasteiger partial charge in [0.25, 0.3) is 0 Å². The van der Waals surface area contributed by atoms with Crippen LogP contribution >= 0.6 is 12.4 Å². The molecule has 1 aromatic carbocycles. The summed E-state index contributed by atoms with van der Waals surface area (Å²) >= 11 is 0. The van der Waals surface area contributed by atoms with Crippen molar-refractivity contribution in [3.63, 3.8) is 0 Å². The molecule has 0 bridgehead atoms. The van der Waals surface area contributed by atoms with Gasteiger partial charge in [-0.15, -0.1) is 12.4 Å². The number of nitrogens with two attached hydrogens (primary N) is 1. The molecule has 6 heteroatoms. The Balaban J connectivity index is 0.00000324. The molecular weight excluding hydrogens is 271 g/mol. The second-order valence-electron chi connectivity index (χ2n) is 3.90. The number of carbonyl (C=O) groups is 1. The van der Waals surface area contributed by atoms with Gasteiger partial charge in [-0.3, -0.25) is 4.79 Å². The van der Waals surface area contributed by atoms with Gasteiger partial charge >= 0.3 is 0 Å². The summed E-state index contributed by atoms with van der Waals surface area (Å²) in [6.45, 7) is 1.57. The van der Waals surface area contributed by atoms with Crippen molar-refractivity contribution in [2.24, 2.45) is 5.73 Å². The second kappa shape index (κ2) is 10.6. The van der Waals surface area contributed by atoms with Crippen LogP contribution in [0.4, 0.5) is 4.39 Å². The van der Waals surface area contributed by atoms with Crippen molar-refractivity contribution in [1.82, 2.24) is 5.32 Å². The summed E-state index contributed by atoms with van der Waals surface area (Å²) in [4.78, 5) is 11.4. The summed E-state index contributed by atoms with van der Waals surface area (Å²) in [6.07, 6.45) is 2.09. The predicted molar refractivity (Wildman–Crippen MR) is 75.1 cm³/mol. The van der Waals surface area contributed by atoms with Crippen LogP contribution in [-0.2, 0) is 4.79 Å². The summed E-state index contributed by atoms with van der Waals surface area (Å²) in [5.74, 6) is 0.210. The highest BCUT2D eigenvalue weighted by Crippen LogP contribution is 2.10. The lowest BCUT2D eigenvalue weighted by atomic mass is 10.3. The molecule has 0 aliphatic rings. The third-order valence-electron chi connectivity index (χ3n) is 2.36. The third kappa shape index (κ3) is 8.40. The fraction of sp³-hybridized carbons (Fsp3) is 0.462. The van der Waals surface area contributed by atoms with Gasteiger partial charge in [-0.05, 0) is 43.7 Å². The standard InChI is InChI=1S/C13H19FN2O2.ClH/c14-11-3-5-12(6-4-11)18-10-7-13(17)16-9-2-1-8-15;/h3-6H,1-2,7-10,15H2,(H,16,17);1H. The Bertz CT molecular complexity index is 360. The molecule has 0 aliphatic heterocycles. The van der Waals surface area contributed by atoms with Crippen molar-refractivity contribution < 1.29 is 13.9 Å². The first-order valence-corrected chi connectivity index (χ1v) is 6.07. The van der Waals surface area contributed by atoms with Crippen LogP contribution in [0.15, 0.2) is 24.3 Å². The Hall–Kier alpha value is -1.33. The molecule has 108 valence electrons. The number of amides is 1. The van der Waals surface area contributed by atoms with Crippen molar-refractivity contribution in [1.29, 1.82) is 0 Å². The van der Waals surface area contributed by atoms with Crippen molar-refractivity contribution in [3.8, 4) is 5.75 Å². The average molecular weight is 291 g/mol. The molecule has 0 fully saturated rings. The molecule has 3 N–H and O–H groups in total. The van der Waals surface area contributed by atoms with E-state index in [2.05, 4.69) is 5.32 Å². The zero-order valence-corrected chi connectivity index (χ0v) is 11.5. The van der Waals surface area contributed by atoms with Gasteiger partial charge in [0.2, 0.25) is 5.91 Å². The third-order valence-corrected chi connectivity index (χ3v) is 2.36. The van der Waals surface area contributed by atoms with E-state index in [1.165, 1.54) is 24.3 Å². The molecule has 0 unspecified atom stereocenters. The Labute approximate surface area is 118 Å². The van der Waals surface area contributed by atoms with Gasteiger partial charge in [0.1, 0.15) is 11.6 Å². The van der Waals surface area contributed by atoms with Gasteiger partial charge < -0.3 is 15.8 Å². The maximum atomic E-state index is 12.6. The lowest BCUT2D eigenvalue weighted by Gasteiger charge is -2.07. The first-order valence-electron chi connectivity index (χ1n) is 6.07. The largest absolute Gasteiger partial charge is 0.493 e. The zero-order chi connectivity index (χ0) is 13.2. The molecule has 0 radical (unpaired) electrons. The number of halogens is 2. The number of rotatable bonds is 8. The van der Waals surface area contributed by atoms with Crippen LogP contribution < -0.4 is 15.8 Å². The van der Waals surface area contributed by atoms with Gasteiger partial charge in [0, 0.05) is 6.54 Å². The molecule has 1 aromatic rings. The SMILES string of the molecule is Cl.NCCCCNC(=O)CCOc1ccc(F)cc1. The summed E-state index contributed by atoms with van der Waals surface area (Å²) in [5, 5.41) is 2.78. The van der Waals surface area contributed by atoms with Crippen molar-refractivity contribution in [3.05, 3.63) is 30.1 Å². The number of carbonyl (C=O) groups excluding carboxylic acids is 1. The number of nitrogens with one attached hydrogen (secondary N) is 1. The highest BCUT2D eigenvalue weighted by atomic mass is 35.5. The number of unbranched alkanes of at least 4 members (excludes halogenated alkanes) is 1. The van der Waals surface area contributed by atoms with E-state index in [-0.39, 0.29) is 30.7 Å².